The van der Waals surface area contributed by atoms with E-state index >= 15 is 0 Å². The summed E-state index contributed by atoms with van der Waals surface area (Å²) in [5, 5.41) is 0.577. The summed E-state index contributed by atoms with van der Waals surface area (Å²) < 4.78 is 10.7. The van der Waals surface area contributed by atoms with Crippen LogP contribution >= 0.6 is 27.5 Å². The van der Waals surface area contributed by atoms with Gasteiger partial charge >= 0.3 is 5.97 Å². The Morgan fingerprint density at radius 2 is 2.16 bits per heavy atom. The lowest BCUT2D eigenvalue weighted by atomic mass is 10.3. The summed E-state index contributed by atoms with van der Waals surface area (Å²) in [5.41, 5.74) is 0.0742. The number of esters is 1. The van der Waals surface area contributed by atoms with Crippen molar-refractivity contribution in [2.24, 2.45) is 0 Å². The van der Waals surface area contributed by atoms with E-state index in [2.05, 4.69) is 30.6 Å². The van der Waals surface area contributed by atoms with Gasteiger partial charge in [0.05, 0.1) is 24.0 Å². The first-order valence-electron chi connectivity index (χ1n) is 5.13. The van der Waals surface area contributed by atoms with Crippen LogP contribution in [0.25, 0.3) is 0 Å². The minimum absolute atomic E-state index is 0.0742. The van der Waals surface area contributed by atoms with Gasteiger partial charge in [0.25, 0.3) is 0 Å². The van der Waals surface area contributed by atoms with Gasteiger partial charge in [-0.25, -0.2) is 9.78 Å². The van der Waals surface area contributed by atoms with Crippen molar-refractivity contribution in [3.05, 3.63) is 45.8 Å². The van der Waals surface area contributed by atoms with Gasteiger partial charge in [0.15, 0.2) is 5.69 Å². The first-order chi connectivity index (χ1) is 9.10. The van der Waals surface area contributed by atoms with Gasteiger partial charge in [-0.15, -0.1) is 0 Å². The lowest BCUT2D eigenvalue weighted by molar-refractivity contribution is 0.0592. The molecule has 2 rings (SSSR count). The molecule has 0 amide bonds. The second-order valence-corrected chi connectivity index (χ2v) is 4.70. The van der Waals surface area contributed by atoms with E-state index in [1.54, 1.807) is 18.2 Å². The van der Waals surface area contributed by atoms with Crippen LogP contribution in [0.15, 0.2) is 35.1 Å². The molecule has 0 fully saturated rings. The maximum atomic E-state index is 11.3. The Hall–Kier alpha value is -1.66. The van der Waals surface area contributed by atoms with Gasteiger partial charge in [0, 0.05) is 5.02 Å². The van der Waals surface area contributed by atoms with Crippen molar-refractivity contribution in [2.75, 3.05) is 7.11 Å². The molecule has 0 N–H and O–H groups in total. The number of carbonyl (C=O) groups excluding carboxylic acids is 1. The summed E-state index contributed by atoms with van der Waals surface area (Å²) in [6.45, 7) is 0. The largest absolute Gasteiger partial charge is 0.464 e. The van der Waals surface area contributed by atoms with Crippen LogP contribution in [0, 0.1) is 0 Å². The molecule has 19 heavy (non-hydrogen) atoms. The topological polar surface area (TPSA) is 61.3 Å². The molecular formula is C12H8BrClN2O3. The molecule has 1 aromatic heterocycles. The molecule has 5 nitrogen and oxygen atoms in total. The van der Waals surface area contributed by atoms with Gasteiger partial charge in [-0.1, -0.05) is 11.6 Å². The summed E-state index contributed by atoms with van der Waals surface area (Å²) in [6.07, 6.45) is 2.70. The number of nitrogens with zero attached hydrogens (tertiary/aromatic N) is 2. The van der Waals surface area contributed by atoms with Crippen molar-refractivity contribution >= 4 is 33.5 Å². The fourth-order valence-electron chi connectivity index (χ4n) is 1.27. The Labute approximate surface area is 122 Å². The average molecular weight is 344 g/mol. The van der Waals surface area contributed by atoms with Gasteiger partial charge in [-0.2, -0.15) is 0 Å². The lowest BCUT2D eigenvalue weighted by Crippen LogP contribution is -2.05. The first kappa shape index (κ1) is 13.8. The van der Waals surface area contributed by atoms with Gasteiger partial charge < -0.3 is 9.47 Å². The fraction of sp³-hybridized carbons (Fsp3) is 0.0833. The normalized spacial score (nSPS) is 10.1. The maximum absolute atomic E-state index is 11.3. The smallest absolute Gasteiger partial charge is 0.358 e. The van der Waals surface area contributed by atoms with E-state index in [-0.39, 0.29) is 11.6 Å². The molecule has 2 aromatic rings. The minimum Gasteiger partial charge on any atom is -0.464 e. The molecule has 0 saturated carbocycles. The molecule has 0 bridgehead atoms. The zero-order chi connectivity index (χ0) is 13.8. The molecule has 1 aromatic carbocycles. The molecule has 98 valence electrons. The number of carbonyl (C=O) groups is 1. The van der Waals surface area contributed by atoms with Gasteiger partial charge in [0.1, 0.15) is 5.75 Å². The van der Waals surface area contributed by atoms with E-state index in [1.807, 2.05) is 0 Å². The number of halogens is 2. The summed E-state index contributed by atoms with van der Waals surface area (Å²) in [7, 11) is 1.27. The predicted molar refractivity (Wildman–Crippen MR) is 72.6 cm³/mol. The molecule has 7 heteroatoms. The number of rotatable bonds is 3. The third-order valence-electron chi connectivity index (χ3n) is 2.12. The molecule has 0 spiro atoms. The summed E-state index contributed by atoms with van der Waals surface area (Å²) in [4.78, 5) is 19.2. The molecule has 0 aliphatic rings. The summed E-state index contributed by atoms with van der Waals surface area (Å²) in [5.74, 6) is 0.125. The fourth-order valence-corrected chi connectivity index (χ4v) is 2.03. The third-order valence-corrected chi connectivity index (χ3v) is 2.97. The SMILES string of the molecule is COC(=O)c1cncc(Oc2ccc(Cl)cc2Br)n1. The van der Waals surface area contributed by atoms with E-state index in [0.717, 1.165) is 0 Å². The van der Waals surface area contributed by atoms with Crippen LogP contribution in [0.3, 0.4) is 0 Å². The van der Waals surface area contributed by atoms with Crippen LogP contribution in [0.2, 0.25) is 5.02 Å². The molecule has 0 unspecified atom stereocenters. The Kier molecular flexibility index (Phi) is 4.34. The minimum atomic E-state index is -0.576. The Bertz CT molecular complexity index is 622. The molecule has 0 aliphatic heterocycles. The molecule has 0 aliphatic carbocycles. The maximum Gasteiger partial charge on any atom is 0.358 e. The van der Waals surface area contributed by atoms with Crippen molar-refractivity contribution in [2.45, 2.75) is 0 Å². The summed E-state index contributed by atoms with van der Waals surface area (Å²) >= 11 is 9.15. The summed E-state index contributed by atoms with van der Waals surface area (Å²) in [6, 6.07) is 5.05. The molecule has 0 radical (unpaired) electrons. The molecular weight excluding hydrogens is 335 g/mol. The standard InChI is InChI=1S/C12H8BrClN2O3/c1-18-12(17)9-5-15-6-11(16-9)19-10-3-2-7(14)4-8(10)13/h2-6H,1H3. The number of hydrogen-bond donors (Lipinski definition) is 0. The van der Waals surface area contributed by atoms with E-state index < -0.39 is 5.97 Å². The highest BCUT2D eigenvalue weighted by atomic mass is 79.9. The van der Waals surface area contributed by atoms with Crippen molar-refractivity contribution in [3.63, 3.8) is 0 Å². The molecule has 0 saturated heterocycles. The van der Waals surface area contributed by atoms with Gasteiger partial charge in [-0.05, 0) is 34.1 Å². The zero-order valence-electron chi connectivity index (χ0n) is 9.76. The van der Waals surface area contributed by atoms with Crippen molar-refractivity contribution in [3.8, 4) is 11.6 Å². The second-order valence-electron chi connectivity index (χ2n) is 3.41. The highest BCUT2D eigenvalue weighted by molar-refractivity contribution is 9.10. The number of benzene rings is 1. The number of aromatic nitrogens is 2. The molecule has 0 atom stereocenters. The highest BCUT2D eigenvalue weighted by Crippen LogP contribution is 2.30. The van der Waals surface area contributed by atoms with E-state index in [1.165, 1.54) is 19.5 Å². The van der Waals surface area contributed by atoms with E-state index in [9.17, 15) is 4.79 Å². The zero-order valence-corrected chi connectivity index (χ0v) is 12.1. The van der Waals surface area contributed by atoms with Gasteiger partial charge in [0.2, 0.25) is 5.88 Å². The number of ether oxygens (including phenoxy) is 2. The average Bonchev–Trinajstić information content (AvgIpc) is 2.41. The highest BCUT2D eigenvalue weighted by Gasteiger charge is 2.10. The monoisotopic (exact) mass is 342 g/mol. The second kappa shape index (κ2) is 5.99. The van der Waals surface area contributed by atoms with Crippen LogP contribution in [0.4, 0.5) is 0 Å². The Morgan fingerprint density at radius 3 is 2.84 bits per heavy atom. The Morgan fingerprint density at radius 1 is 1.37 bits per heavy atom. The first-order valence-corrected chi connectivity index (χ1v) is 6.30. The van der Waals surface area contributed by atoms with Crippen LogP contribution in [-0.2, 0) is 4.74 Å². The van der Waals surface area contributed by atoms with Crippen molar-refractivity contribution < 1.29 is 14.3 Å². The third kappa shape index (κ3) is 3.42. The van der Waals surface area contributed by atoms with E-state index in [0.29, 0.717) is 15.2 Å². The van der Waals surface area contributed by atoms with Crippen LogP contribution in [0.1, 0.15) is 10.5 Å². The van der Waals surface area contributed by atoms with Crippen LogP contribution in [-0.4, -0.2) is 23.0 Å². The number of hydrogen-bond acceptors (Lipinski definition) is 5. The van der Waals surface area contributed by atoms with Crippen molar-refractivity contribution in [1.29, 1.82) is 0 Å². The Balaban J connectivity index is 2.26. The quantitative estimate of drug-likeness (QED) is 0.799. The number of methoxy groups -OCH3 is 1. The van der Waals surface area contributed by atoms with Crippen molar-refractivity contribution in [1.82, 2.24) is 9.97 Å². The van der Waals surface area contributed by atoms with Crippen LogP contribution in [0.5, 0.6) is 11.6 Å². The van der Waals surface area contributed by atoms with E-state index in [4.69, 9.17) is 16.3 Å². The molecule has 1 heterocycles. The van der Waals surface area contributed by atoms with Gasteiger partial charge in [-0.3, -0.25) is 4.98 Å². The lowest BCUT2D eigenvalue weighted by Gasteiger charge is -2.07. The predicted octanol–water partition coefficient (Wildman–Crippen LogP) is 3.47. The van der Waals surface area contributed by atoms with Crippen LogP contribution < -0.4 is 4.74 Å².